The van der Waals surface area contributed by atoms with E-state index in [1.165, 1.54) is 0 Å². The summed E-state index contributed by atoms with van der Waals surface area (Å²) in [5.74, 6) is -0.746. The first-order valence-corrected chi connectivity index (χ1v) is 10.4. The smallest absolute Gasteiger partial charge is 0.255 e. The second-order valence-corrected chi connectivity index (χ2v) is 8.45. The molecule has 3 aliphatic heterocycles. The van der Waals surface area contributed by atoms with Gasteiger partial charge in [-0.1, -0.05) is 12.1 Å². The van der Waals surface area contributed by atoms with Gasteiger partial charge in [-0.15, -0.1) is 0 Å². The second-order valence-electron chi connectivity index (χ2n) is 8.45. The molecular formula is C21H29N5O3. The van der Waals surface area contributed by atoms with Gasteiger partial charge < -0.3 is 10.6 Å². The van der Waals surface area contributed by atoms with Crippen LogP contribution in [0.15, 0.2) is 18.2 Å². The normalized spacial score (nSPS) is 24.6. The average molecular weight is 399 g/mol. The summed E-state index contributed by atoms with van der Waals surface area (Å²) in [5.41, 5.74) is 8.64. The van der Waals surface area contributed by atoms with Crippen molar-refractivity contribution < 1.29 is 14.4 Å². The van der Waals surface area contributed by atoms with E-state index < -0.39 is 6.04 Å². The van der Waals surface area contributed by atoms with Crippen molar-refractivity contribution in [1.29, 1.82) is 0 Å². The number of nitrogens with zero attached hydrogens (tertiary/aromatic N) is 3. The molecule has 8 nitrogen and oxygen atoms in total. The number of amides is 3. The lowest BCUT2D eigenvalue weighted by atomic mass is 10.0. The van der Waals surface area contributed by atoms with Gasteiger partial charge in [-0.25, -0.2) is 0 Å². The Bertz CT molecular complexity index is 817. The van der Waals surface area contributed by atoms with E-state index in [1.807, 2.05) is 19.1 Å². The van der Waals surface area contributed by atoms with Crippen molar-refractivity contribution in [2.24, 2.45) is 5.73 Å². The molecule has 0 aliphatic carbocycles. The van der Waals surface area contributed by atoms with Crippen LogP contribution < -0.4 is 11.1 Å². The van der Waals surface area contributed by atoms with Crippen molar-refractivity contribution in [1.82, 2.24) is 20.0 Å². The first-order valence-electron chi connectivity index (χ1n) is 10.4. The minimum atomic E-state index is -0.561. The number of carbonyl (C=O) groups is 3. The second kappa shape index (κ2) is 8.22. The standard InChI is InChI=1S/C21H29N5O3/c1-14(22)11-24-6-8-25(9-7-24)12-15-2-3-16-13-26(21(29)17(16)10-15)18-4-5-19(27)23-20(18)28/h2-3,10,14,18H,4-9,11-13,22H2,1H3,(H,23,27,28)/t14-,18?/m1/s1. The SMILES string of the molecule is C[C@@H](N)CN1CCN(Cc2ccc3c(c2)C(=O)N(C2CCC(=O)NC2=O)C3)CC1. The van der Waals surface area contributed by atoms with E-state index in [4.69, 9.17) is 5.73 Å². The summed E-state index contributed by atoms with van der Waals surface area (Å²) in [6, 6.07) is 5.68. The highest BCUT2D eigenvalue weighted by Gasteiger charge is 2.39. The summed E-state index contributed by atoms with van der Waals surface area (Å²) >= 11 is 0. The first-order chi connectivity index (χ1) is 13.9. The Kier molecular flexibility index (Phi) is 5.67. The number of benzene rings is 1. The lowest BCUT2D eigenvalue weighted by Crippen LogP contribution is -2.52. The molecule has 2 saturated heterocycles. The molecule has 2 atom stereocenters. The van der Waals surface area contributed by atoms with Gasteiger partial charge in [0, 0.05) is 63.8 Å². The van der Waals surface area contributed by atoms with Crippen LogP contribution in [0.4, 0.5) is 0 Å². The van der Waals surface area contributed by atoms with Gasteiger partial charge in [-0.05, 0) is 30.5 Å². The van der Waals surface area contributed by atoms with Gasteiger partial charge in [0.05, 0.1) is 0 Å². The number of carbonyl (C=O) groups excluding carboxylic acids is 3. The summed E-state index contributed by atoms with van der Waals surface area (Å²) in [6.45, 7) is 8.19. The fourth-order valence-corrected chi connectivity index (χ4v) is 4.50. The van der Waals surface area contributed by atoms with E-state index >= 15 is 0 Å². The van der Waals surface area contributed by atoms with Gasteiger partial charge in [0.25, 0.3) is 5.91 Å². The number of nitrogens with two attached hydrogens (primary N) is 1. The zero-order valence-electron chi connectivity index (χ0n) is 16.9. The largest absolute Gasteiger partial charge is 0.327 e. The van der Waals surface area contributed by atoms with Crippen molar-refractivity contribution in [2.45, 2.75) is 44.9 Å². The molecule has 156 valence electrons. The zero-order chi connectivity index (χ0) is 20.5. The van der Waals surface area contributed by atoms with Crippen LogP contribution in [0.3, 0.4) is 0 Å². The highest BCUT2D eigenvalue weighted by molar-refractivity contribution is 6.05. The van der Waals surface area contributed by atoms with Crippen LogP contribution in [-0.2, 0) is 22.7 Å². The van der Waals surface area contributed by atoms with E-state index in [2.05, 4.69) is 21.2 Å². The molecule has 29 heavy (non-hydrogen) atoms. The van der Waals surface area contributed by atoms with Gasteiger partial charge in [0.2, 0.25) is 11.8 Å². The summed E-state index contributed by atoms with van der Waals surface area (Å²) < 4.78 is 0. The molecule has 2 fully saturated rings. The number of hydrogen-bond acceptors (Lipinski definition) is 6. The van der Waals surface area contributed by atoms with Gasteiger partial charge >= 0.3 is 0 Å². The number of piperidine rings is 1. The quantitative estimate of drug-likeness (QED) is 0.672. The number of imide groups is 1. The van der Waals surface area contributed by atoms with Gasteiger partial charge in [-0.3, -0.25) is 29.5 Å². The number of piperazine rings is 1. The van der Waals surface area contributed by atoms with Crippen molar-refractivity contribution in [3.05, 3.63) is 34.9 Å². The van der Waals surface area contributed by atoms with Crippen LogP contribution in [0, 0.1) is 0 Å². The lowest BCUT2D eigenvalue weighted by Gasteiger charge is -2.35. The van der Waals surface area contributed by atoms with Gasteiger partial charge in [0.15, 0.2) is 0 Å². The maximum atomic E-state index is 12.9. The predicted molar refractivity (Wildman–Crippen MR) is 108 cm³/mol. The minimum absolute atomic E-state index is 0.113. The summed E-state index contributed by atoms with van der Waals surface area (Å²) in [4.78, 5) is 42.9. The molecule has 0 saturated carbocycles. The van der Waals surface area contributed by atoms with Crippen molar-refractivity contribution in [2.75, 3.05) is 32.7 Å². The molecule has 1 unspecified atom stereocenters. The van der Waals surface area contributed by atoms with Crippen molar-refractivity contribution >= 4 is 17.7 Å². The third-order valence-corrected chi connectivity index (χ3v) is 6.01. The number of nitrogens with one attached hydrogen (secondary N) is 1. The minimum Gasteiger partial charge on any atom is -0.327 e. The highest BCUT2D eigenvalue weighted by atomic mass is 16.2. The van der Waals surface area contributed by atoms with Crippen LogP contribution in [0.2, 0.25) is 0 Å². The summed E-state index contributed by atoms with van der Waals surface area (Å²) in [7, 11) is 0. The molecule has 0 spiro atoms. The Labute approximate surface area is 171 Å². The van der Waals surface area contributed by atoms with Crippen LogP contribution in [0.25, 0.3) is 0 Å². The van der Waals surface area contributed by atoms with Crippen molar-refractivity contribution in [3.63, 3.8) is 0 Å². The van der Waals surface area contributed by atoms with Crippen LogP contribution >= 0.6 is 0 Å². The van der Waals surface area contributed by atoms with E-state index in [0.717, 1.165) is 50.4 Å². The Morgan fingerprint density at radius 3 is 2.55 bits per heavy atom. The van der Waals surface area contributed by atoms with Gasteiger partial charge in [0.1, 0.15) is 6.04 Å². The zero-order valence-corrected chi connectivity index (χ0v) is 16.9. The van der Waals surface area contributed by atoms with E-state index in [0.29, 0.717) is 18.5 Å². The Morgan fingerprint density at radius 1 is 1.14 bits per heavy atom. The van der Waals surface area contributed by atoms with E-state index in [1.54, 1.807) is 4.90 Å². The molecule has 3 aliphatic rings. The fourth-order valence-electron chi connectivity index (χ4n) is 4.50. The van der Waals surface area contributed by atoms with Crippen LogP contribution in [-0.4, -0.2) is 77.2 Å². The molecule has 0 radical (unpaired) electrons. The Balaban J connectivity index is 1.38. The first kappa shape index (κ1) is 20.0. The molecule has 8 heteroatoms. The molecule has 4 rings (SSSR count). The topological polar surface area (TPSA) is 99.0 Å². The molecule has 0 aromatic heterocycles. The lowest BCUT2D eigenvalue weighted by molar-refractivity contribution is -0.136. The van der Waals surface area contributed by atoms with Crippen LogP contribution in [0.1, 0.15) is 41.3 Å². The maximum Gasteiger partial charge on any atom is 0.255 e. The van der Waals surface area contributed by atoms with E-state index in [-0.39, 0.29) is 30.2 Å². The Hall–Kier alpha value is -2.29. The number of fused-ring (bicyclic) bond motifs is 1. The molecular weight excluding hydrogens is 370 g/mol. The molecule has 3 N–H and O–H groups in total. The predicted octanol–water partition coefficient (Wildman–Crippen LogP) is -0.0876. The summed E-state index contributed by atoms with van der Waals surface area (Å²) in [6.07, 6.45) is 0.666. The molecule has 0 bridgehead atoms. The van der Waals surface area contributed by atoms with Crippen LogP contribution in [0.5, 0.6) is 0 Å². The van der Waals surface area contributed by atoms with E-state index in [9.17, 15) is 14.4 Å². The average Bonchev–Trinajstić information content (AvgIpc) is 2.99. The molecule has 3 heterocycles. The molecule has 3 amide bonds. The third-order valence-electron chi connectivity index (χ3n) is 6.01. The Morgan fingerprint density at radius 2 is 1.86 bits per heavy atom. The molecule has 1 aromatic carbocycles. The maximum absolute atomic E-state index is 12.9. The molecule has 1 aromatic rings. The summed E-state index contributed by atoms with van der Waals surface area (Å²) in [5, 5.41) is 2.34. The fraction of sp³-hybridized carbons (Fsp3) is 0.571. The third kappa shape index (κ3) is 4.34. The number of hydrogen-bond donors (Lipinski definition) is 2. The monoisotopic (exact) mass is 399 g/mol. The van der Waals surface area contributed by atoms with Gasteiger partial charge in [-0.2, -0.15) is 0 Å². The highest BCUT2D eigenvalue weighted by Crippen LogP contribution is 2.28. The van der Waals surface area contributed by atoms with Crippen molar-refractivity contribution in [3.8, 4) is 0 Å². The number of rotatable bonds is 5.